The van der Waals surface area contributed by atoms with Crippen molar-refractivity contribution >= 4 is 5.78 Å². The molecule has 0 aliphatic carbocycles. The number of phenolic OH excluding ortho intramolecular Hbond substituents is 1. The van der Waals surface area contributed by atoms with Crippen molar-refractivity contribution in [2.75, 3.05) is 0 Å². The normalized spacial score (nSPS) is 11.3. The molecule has 0 spiro atoms. The summed E-state index contributed by atoms with van der Waals surface area (Å²) in [4.78, 5) is 12.0. The van der Waals surface area contributed by atoms with Crippen LogP contribution in [0.5, 0.6) is 5.75 Å². The molecular weight excluding hydrogens is 257 g/mol. The molecule has 2 aromatic rings. The number of carbonyl (C=O) groups excluding carboxylic acids is 1. The molecule has 0 bridgehead atoms. The van der Waals surface area contributed by atoms with E-state index in [2.05, 4.69) is 0 Å². The Bertz CT molecular complexity index is 601. The second-order valence-electron chi connectivity index (χ2n) is 3.95. The number of aromatic hydroxyl groups is 1. The molecule has 0 fully saturated rings. The van der Waals surface area contributed by atoms with Gasteiger partial charge in [0.05, 0.1) is 5.56 Å². The zero-order valence-corrected chi connectivity index (χ0v) is 9.61. The molecule has 0 amide bonds. The summed E-state index contributed by atoms with van der Waals surface area (Å²) in [6.07, 6.45) is -4.48. The average Bonchev–Trinajstić information content (AvgIpc) is 2.38. The fraction of sp³-hybridized carbons (Fsp3) is 0.0714. The number of phenols is 1. The molecule has 0 saturated heterocycles. The van der Waals surface area contributed by atoms with Crippen LogP contribution < -0.4 is 0 Å². The summed E-state index contributed by atoms with van der Waals surface area (Å²) in [6.45, 7) is 0. The minimum absolute atomic E-state index is 0.0133. The number of hydrogen-bond acceptors (Lipinski definition) is 2. The van der Waals surface area contributed by atoms with Crippen molar-refractivity contribution in [3.8, 4) is 5.75 Å². The topological polar surface area (TPSA) is 37.3 Å². The van der Waals surface area contributed by atoms with Crippen LogP contribution in [0.1, 0.15) is 21.5 Å². The highest BCUT2D eigenvalue weighted by molar-refractivity contribution is 6.09. The first kappa shape index (κ1) is 13.1. The Morgan fingerprint density at radius 3 is 2.16 bits per heavy atom. The third-order valence-corrected chi connectivity index (χ3v) is 2.58. The minimum Gasteiger partial charge on any atom is -0.508 e. The van der Waals surface area contributed by atoms with Crippen LogP contribution >= 0.6 is 0 Å². The van der Waals surface area contributed by atoms with Gasteiger partial charge in [0.15, 0.2) is 5.78 Å². The Labute approximate surface area is 107 Å². The summed E-state index contributed by atoms with van der Waals surface area (Å²) in [7, 11) is 0. The van der Waals surface area contributed by atoms with Gasteiger partial charge in [0, 0.05) is 11.1 Å². The number of halogens is 3. The van der Waals surface area contributed by atoms with E-state index in [-0.39, 0.29) is 16.9 Å². The van der Waals surface area contributed by atoms with Crippen molar-refractivity contribution in [3.05, 3.63) is 65.2 Å². The van der Waals surface area contributed by atoms with Crippen molar-refractivity contribution in [2.24, 2.45) is 0 Å². The molecule has 98 valence electrons. The van der Waals surface area contributed by atoms with E-state index in [9.17, 15) is 18.0 Å². The van der Waals surface area contributed by atoms with E-state index in [1.54, 1.807) is 0 Å². The van der Waals surface area contributed by atoms with Crippen LogP contribution in [-0.2, 0) is 6.18 Å². The lowest BCUT2D eigenvalue weighted by atomic mass is 10.0. The van der Waals surface area contributed by atoms with Gasteiger partial charge in [-0.25, -0.2) is 0 Å². The molecule has 0 saturated carbocycles. The lowest BCUT2D eigenvalue weighted by Crippen LogP contribution is -2.08. The molecule has 0 unspecified atom stereocenters. The molecule has 0 heterocycles. The molecule has 2 aromatic carbocycles. The Morgan fingerprint density at radius 1 is 0.947 bits per heavy atom. The van der Waals surface area contributed by atoms with Gasteiger partial charge >= 0.3 is 6.18 Å². The van der Waals surface area contributed by atoms with E-state index in [0.29, 0.717) is 0 Å². The Morgan fingerprint density at radius 2 is 1.58 bits per heavy atom. The molecule has 0 aliphatic heterocycles. The van der Waals surface area contributed by atoms with Crippen LogP contribution in [0.25, 0.3) is 0 Å². The Balaban J connectivity index is 2.37. The van der Waals surface area contributed by atoms with E-state index in [4.69, 9.17) is 5.11 Å². The van der Waals surface area contributed by atoms with E-state index in [1.807, 2.05) is 0 Å². The fourth-order valence-corrected chi connectivity index (χ4v) is 1.62. The number of alkyl halides is 3. The lowest BCUT2D eigenvalue weighted by Gasteiger charge is -2.08. The van der Waals surface area contributed by atoms with Crippen LogP contribution in [0.2, 0.25) is 0 Å². The maximum absolute atomic E-state index is 12.5. The standard InChI is InChI=1S/C14H9F3O2/c15-14(16,17)11-3-1-2-10(8-11)13(19)9-4-6-12(18)7-5-9/h1-8,18H. The zero-order valence-electron chi connectivity index (χ0n) is 9.61. The van der Waals surface area contributed by atoms with E-state index < -0.39 is 17.5 Å². The molecule has 5 heteroatoms. The molecular formula is C14H9F3O2. The average molecular weight is 266 g/mol. The van der Waals surface area contributed by atoms with Crippen molar-refractivity contribution in [1.29, 1.82) is 0 Å². The number of benzene rings is 2. The van der Waals surface area contributed by atoms with Crippen molar-refractivity contribution in [3.63, 3.8) is 0 Å². The molecule has 0 radical (unpaired) electrons. The van der Waals surface area contributed by atoms with E-state index >= 15 is 0 Å². The third kappa shape index (κ3) is 2.93. The maximum atomic E-state index is 12.5. The first-order valence-electron chi connectivity index (χ1n) is 5.39. The summed E-state index contributed by atoms with van der Waals surface area (Å²) in [5.41, 5.74) is -0.685. The highest BCUT2D eigenvalue weighted by Gasteiger charge is 2.30. The van der Waals surface area contributed by atoms with Crippen LogP contribution in [-0.4, -0.2) is 10.9 Å². The predicted octanol–water partition coefficient (Wildman–Crippen LogP) is 3.64. The van der Waals surface area contributed by atoms with Gasteiger partial charge in [-0.3, -0.25) is 4.79 Å². The quantitative estimate of drug-likeness (QED) is 0.842. The first-order valence-corrected chi connectivity index (χ1v) is 5.39. The second-order valence-corrected chi connectivity index (χ2v) is 3.95. The summed E-state index contributed by atoms with van der Waals surface area (Å²) in [6, 6.07) is 9.57. The van der Waals surface area contributed by atoms with Crippen molar-refractivity contribution < 1.29 is 23.1 Å². The van der Waals surface area contributed by atoms with Crippen molar-refractivity contribution in [2.45, 2.75) is 6.18 Å². The number of ketones is 1. The molecule has 0 aliphatic rings. The maximum Gasteiger partial charge on any atom is 0.416 e. The highest BCUT2D eigenvalue weighted by Crippen LogP contribution is 2.30. The molecule has 2 rings (SSSR count). The van der Waals surface area contributed by atoms with E-state index in [0.717, 1.165) is 12.1 Å². The molecule has 1 N–H and O–H groups in total. The second kappa shape index (κ2) is 4.76. The molecule has 2 nitrogen and oxygen atoms in total. The van der Waals surface area contributed by atoms with Crippen molar-refractivity contribution in [1.82, 2.24) is 0 Å². The summed E-state index contributed by atoms with van der Waals surface area (Å²) < 4.78 is 37.6. The SMILES string of the molecule is O=C(c1ccc(O)cc1)c1cccc(C(F)(F)F)c1. The Kier molecular flexibility index (Phi) is 3.29. The lowest BCUT2D eigenvalue weighted by molar-refractivity contribution is -0.137. The van der Waals surface area contributed by atoms with Gasteiger partial charge in [0.25, 0.3) is 0 Å². The Hall–Kier alpha value is -2.30. The highest BCUT2D eigenvalue weighted by atomic mass is 19.4. The summed E-state index contributed by atoms with van der Waals surface area (Å²) in [5.74, 6) is -0.535. The monoisotopic (exact) mass is 266 g/mol. The van der Waals surface area contributed by atoms with Gasteiger partial charge < -0.3 is 5.11 Å². The number of carbonyl (C=O) groups is 1. The van der Waals surface area contributed by atoms with Gasteiger partial charge in [-0.1, -0.05) is 12.1 Å². The van der Waals surface area contributed by atoms with Gasteiger partial charge in [-0.05, 0) is 36.4 Å². The fourth-order valence-electron chi connectivity index (χ4n) is 1.62. The van der Waals surface area contributed by atoms with Gasteiger partial charge in [-0.15, -0.1) is 0 Å². The molecule has 19 heavy (non-hydrogen) atoms. The summed E-state index contributed by atoms with van der Waals surface area (Å²) in [5, 5.41) is 9.10. The molecule has 0 atom stereocenters. The largest absolute Gasteiger partial charge is 0.508 e. The van der Waals surface area contributed by atoms with Crippen LogP contribution in [0, 0.1) is 0 Å². The zero-order chi connectivity index (χ0) is 14.0. The summed E-state index contributed by atoms with van der Waals surface area (Å²) >= 11 is 0. The smallest absolute Gasteiger partial charge is 0.416 e. The number of rotatable bonds is 2. The predicted molar refractivity (Wildman–Crippen MR) is 63.0 cm³/mol. The van der Waals surface area contributed by atoms with Gasteiger partial charge in [-0.2, -0.15) is 13.2 Å². The molecule has 0 aromatic heterocycles. The van der Waals surface area contributed by atoms with Crippen LogP contribution in [0.4, 0.5) is 13.2 Å². The third-order valence-electron chi connectivity index (χ3n) is 2.58. The first-order chi connectivity index (χ1) is 8.88. The van der Waals surface area contributed by atoms with Gasteiger partial charge in [0.2, 0.25) is 0 Å². The number of hydrogen-bond donors (Lipinski definition) is 1. The minimum atomic E-state index is -4.48. The van der Waals surface area contributed by atoms with Gasteiger partial charge in [0.1, 0.15) is 5.75 Å². The van der Waals surface area contributed by atoms with E-state index in [1.165, 1.54) is 36.4 Å². The van der Waals surface area contributed by atoms with Crippen LogP contribution in [0.3, 0.4) is 0 Å². The van der Waals surface area contributed by atoms with Crippen LogP contribution in [0.15, 0.2) is 48.5 Å².